The lowest BCUT2D eigenvalue weighted by molar-refractivity contribution is -0.138. The van der Waals surface area contributed by atoms with E-state index in [2.05, 4.69) is 11.3 Å². The second kappa shape index (κ2) is 10.3. The summed E-state index contributed by atoms with van der Waals surface area (Å²) < 4.78 is 33.9. The predicted octanol–water partition coefficient (Wildman–Crippen LogP) is 0.982. The summed E-state index contributed by atoms with van der Waals surface area (Å²) >= 11 is 0. The molecule has 0 fully saturated rings. The first-order valence-electron chi connectivity index (χ1n) is 4.88. The van der Waals surface area contributed by atoms with Crippen molar-refractivity contribution in [3.8, 4) is 0 Å². The number of esters is 1. The molecule has 0 aromatic carbocycles. The van der Waals surface area contributed by atoms with Gasteiger partial charge in [-0.1, -0.05) is 6.58 Å². The molecule has 8 heteroatoms. The zero-order chi connectivity index (χ0) is 14.2. The molecule has 6 nitrogen and oxygen atoms in total. The third-order valence-electron chi connectivity index (χ3n) is 1.31. The van der Waals surface area contributed by atoms with Crippen molar-refractivity contribution in [1.29, 1.82) is 0 Å². The number of hydrogen-bond donors (Lipinski definition) is 1. The van der Waals surface area contributed by atoms with E-state index in [1.807, 2.05) is 26.0 Å². The number of carbonyl (C=O) groups is 1. The van der Waals surface area contributed by atoms with Crippen molar-refractivity contribution in [2.45, 2.75) is 19.1 Å². The molecule has 0 bridgehead atoms. The summed E-state index contributed by atoms with van der Waals surface area (Å²) in [7, 11) is 1.87. The highest BCUT2D eigenvalue weighted by Crippen LogP contribution is 2.00. The van der Waals surface area contributed by atoms with E-state index in [-0.39, 0.29) is 24.6 Å². The van der Waals surface area contributed by atoms with Gasteiger partial charge in [-0.15, -0.1) is 12.4 Å². The molecule has 1 unspecified atom stereocenters. The molecule has 110 valence electrons. The van der Waals surface area contributed by atoms with Crippen LogP contribution in [-0.4, -0.2) is 56.8 Å². The van der Waals surface area contributed by atoms with Gasteiger partial charge in [0.05, 0.1) is 0 Å². The monoisotopic (exact) mass is 303 g/mol. The van der Waals surface area contributed by atoms with Gasteiger partial charge < -0.3 is 9.64 Å². The maximum Gasteiger partial charge on any atom is 0.333 e. The SMILES string of the molecule is C=C(C)C(=O)OCC(C)S(=O)(=O)O.CN(C)C.Cl. The van der Waals surface area contributed by atoms with E-state index in [4.69, 9.17) is 4.55 Å². The zero-order valence-electron chi connectivity index (χ0n) is 11.3. The van der Waals surface area contributed by atoms with Crippen molar-refractivity contribution in [1.82, 2.24) is 4.90 Å². The minimum absolute atomic E-state index is 0. The van der Waals surface area contributed by atoms with Gasteiger partial charge in [0.25, 0.3) is 10.1 Å². The maximum absolute atomic E-state index is 10.8. The Balaban J connectivity index is -0.000000392. The Morgan fingerprint density at radius 3 is 1.94 bits per heavy atom. The lowest BCUT2D eigenvalue weighted by Crippen LogP contribution is -2.24. The van der Waals surface area contributed by atoms with Crippen molar-refractivity contribution >= 4 is 28.5 Å². The van der Waals surface area contributed by atoms with E-state index in [1.54, 1.807) is 0 Å². The molecule has 0 amide bonds. The Morgan fingerprint density at radius 2 is 1.72 bits per heavy atom. The zero-order valence-corrected chi connectivity index (χ0v) is 13.0. The molecule has 0 saturated heterocycles. The number of nitrogens with zero attached hydrogens (tertiary/aromatic N) is 1. The van der Waals surface area contributed by atoms with Gasteiger partial charge in [-0.2, -0.15) is 8.42 Å². The fourth-order valence-electron chi connectivity index (χ4n) is 0.402. The van der Waals surface area contributed by atoms with Crippen LogP contribution in [-0.2, 0) is 19.6 Å². The fourth-order valence-corrected chi connectivity index (χ4v) is 0.642. The van der Waals surface area contributed by atoms with Gasteiger partial charge in [0.1, 0.15) is 11.9 Å². The van der Waals surface area contributed by atoms with E-state index in [0.29, 0.717) is 0 Å². The summed E-state index contributed by atoms with van der Waals surface area (Å²) in [5.74, 6) is -0.671. The smallest absolute Gasteiger partial charge is 0.333 e. The summed E-state index contributed by atoms with van der Waals surface area (Å²) in [6.45, 7) is 5.62. The molecule has 18 heavy (non-hydrogen) atoms. The molecule has 0 aliphatic carbocycles. The first-order valence-corrected chi connectivity index (χ1v) is 6.38. The van der Waals surface area contributed by atoms with Gasteiger partial charge in [-0.25, -0.2) is 4.79 Å². The summed E-state index contributed by atoms with van der Waals surface area (Å²) in [6.07, 6.45) is 0. The molecule has 0 heterocycles. The number of halogens is 1. The molecule has 1 atom stereocenters. The average molecular weight is 304 g/mol. The van der Waals surface area contributed by atoms with Crippen LogP contribution in [0.25, 0.3) is 0 Å². The maximum atomic E-state index is 10.8. The van der Waals surface area contributed by atoms with Crippen LogP contribution in [0.5, 0.6) is 0 Å². The highest BCUT2D eigenvalue weighted by Gasteiger charge is 2.19. The topological polar surface area (TPSA) is 83.9 Å². The Labute approximate surface area is 115 Å². The van der Waals surface area contributed by atoms with Crippen molar-refractivity contribution in [3.63, 3.8) is 0 Å². The first-order chi connectivity index (χ1) is 7.48. The van der Waals surface area contributed by atoms with Crippen LogP contribution < -0.4 is 0 Å². The van der Waals surface area contributed by atoms with Crippen molar-refractivity contribution in [2.75, 3.05) is 27.7 Å². The fraction of sp³-hybridized carbons (Fsp3) is 0.700. The Kier molecular flexibility index (Phi) is 12.9. The van der Waals surface area contributed by atoms with Crippen LogP contribution in [0, 0.1) is 0 Å². The predicted molar refractivity (Wildman–Crippen MR) is 73.6 cm³/mol. The van der Waals surface area contributed by atoms with Gasteiger partial charge in [0.2, 0.25) is 0 Å². The number of carbonyl (C=O) groups excluding carboxylic acids is 1. The third-order valence-corrected chi connectivity index (χ3v) is 2.46. The summed E-state index contributed by atoms with van der Waals surface area (Å²) in [4.78, 5) is 12.8. The molecular weight excluding hydrogens is 282 g/mol. The molecule has 0 aromatic heterocycles. The average Bonchev–Trinajstić information content (AvgIpc) is 2.10. The molecule has 0 aromatic rings. The molecular formula is C10H22ClNO5S. The van der Waals surface area contributed by atoms with Crippen molar-refractivity contribution in [2.24, 2.45) is 0 Å². The van der Waals surface area contributed by atoms with Crippen LogP contribution >= 0.6 is 12.4 Å². The van der Waals surface area contributed by atoms with Gasteiger partial charge in [0, 0.05) is 5.57 Å². The van der Waals surface area contributed by atoms with Gasteiger partial charge in [-0.3, -0.25) is 4.55 Å². The van der Waals surface area contributed by atoms with Gasteiger partial charge in [0.15, 0.2) is 0 Å². The Morgan fingerprint density at radius 1 is 1.39 bits per heavy atom. The Hall–Kier alpha value is -0.630. The van der Waals surface area contributed by atoms with Crippen LogP contribution in [0.1, 0.15) is 13.8 Å². The van der Waals surface area contributed by atoms with Gasteiger partial charge in [-0.05, 0) is 35.0 Å². The lowest BCUT2D eigenvalue weighted by atomic mass is 10.4. The van der Waals surface area contributed by atoms with Crippen LogP contribution in [0.3, 0.4) is 0 Å². The normalized spacial score (nSPS) is 11.7. The highest BCUT2D eigenvalue weighted by molar-refractivity contribution is 7.86. The first kappa shape index (κ1) is 22.5. The van der Waals surface area contributed by atoms with E-state index in [9.17, 15) is 13.2 Å². The van der Waals surface area contributed by atoms with E-state index < -0.39 is 21.3 Å². The lowest BCUT2D eigenvalue weighted by Gasteiger charge is -2.08. The number of hydrogen-bond acceptors (Lipinski definition) is 5. The molecule has 0 radical (unpaired) electrons. The highest BCUT2D eigenvalue weighted by atomic mass is 35.5. The molecule has 0 aliphatic rings. The summed E-state index contributed by atoms with van der Waals surface area (Å²) in [5, 5.41) is -1.12. The Bertz CT molecular complexity index is 351. The van der Waals surface area contributed by atoms with Crippen LogP contribution in [0.15, 0.2) is 12.2 Å². The van der Waals surface area contributed by atoms with E-state index in [1.165, 1.54) is 13.8 Å². The molecule has 0 aliphatic heterocycles. The second-order valence-electron chi connectivity index (χ2n) is 4.05. The van der Waals surface area contributed by atoms with Crippen LogP contribution in [0.4, 0.5) is 0 Å². The van der Waals surface area contributed by atoms with E-state index in [0.717, 1.165) is 0 Å². The quantitative estimate of drug-likeness (QED) is 0.473. The van der Waals surface area contributed by atoms with Crippen molar-refractivity contribution in [3.05, 3.63) is 12.2 Å². The minimum atomic E-state index is -4.13. The number of rotatable bonds is 4. The second-order valence-corrected chi connectivity index (χ2v) is 5.88. The summed E-state index contributed by atoms with van der Waals surface area (Å²) in [6, 6.07) is 0. The number of ether oxygens (including phenoxy) is 1. The van der Waals surface area contributed by atoms with Crippen LogP contribution in [0.2, 0.25) is 0 Å². The molecule has 1 N–H and O–H groups in total. The van der Waals surface area contributed by atoms with Gasteiger partial charge >= 0.3 is 5.97 Å². The van der Waals surface area contributed by atoms with Crippen molar-refractivity contribution < 1.29 is 22.5 Å². The minimum Gasteiger partial charge on any atom is -0.461 e. The summed E-state index contributed by atoms with van der Waals surface area (Å²) in [5.41, 5.74) is 0.183. The standard InChI is InChI=1S/C7H12O5S.C3H9N.ClH/c1-5(2)7(8)12-4-6(3)13(9,10)11;1-4(2)3;/h6H,1,4H2,2-3H3,(H,9,10,11);1-3H3;1H. The largest absolute Gasteiger partial charge is 0.461 e. The van der Waals surface area contributed by atoms with E-state index >= 15 is 0 Å². The molecule has 0 spiro atoms. The molecule has 0 saturated carbocycles. The molecule has 0 rings (SSSR count). The third kappa shape index (κ3) is 15.4.